The maximum atomic E-state index is 13.2. The minimum absolute atomic E-state index is 0.401. The average Bonchev–Trinajstić information content (AvgIpc) is 3.21. The number of esters is 1. The monoisotopic (exact) mass is 424 g/mol. The number of hydrogen-bond donors (Lipinski definition) is 1. The van der Waals surface area contributed by atoms with Crippen LogP contribution in [0, 0.1) is 5.82 Å². The van der Waals surface area contributed by atoms with Crippen LogP contribution in [-0.4, -0.2) is 23.0 Å². The lowest BCUT2D eigenvalue weighted by atomic mass is 10.1. The molecule has 1 N–H and O–H groups in total. The van der Waals surface area contributed by atoms with Gasteiger partial charge in [0.15, 0.2) is 11.2 Å². The third-order valence-corrected chi connectivity index (χ3v) is 5.07. The van der Waals surface area contributed by atoms with Gasteiger partial charge >= 0.3 is 5.97 Å². The van der Waals surface area contributed by atoms with Gasteiger partial charge in [0, 0.05) is 17.0 Å². The summed E-state index contributed by atoms with van der Waals surface area (Å²) in [6.07, 6.45) is 2.53. The summed E-state index contributed by atoms with van der Waals surface area (Å²) >= 11 is 1.29. The molecule has 3 rings (SSSR count). The topological polar surface area (TPSA) is 68.3 Å². The fourth-order valence-electron chi connectivity index (χ4n) is 2.62. The number of rotatable bonds is 7. The van der Waals surface area contributed by atoms with E-state index < -0.39 is 23.8 Å². The van der Waals surface area contributed by atoms with Crippen LogP contribution >= 0.6 is 11.3 Å². The van der Waals surface area contributed by atoms with E-state index in [1.165, 1.54) is 48.1 Å². The highest BCUT2D eigenvalue weighted by Gasteiger charge is 2.18. The first-order valence-corrected chi connectivity index (χ1v) is 10.3. The summed E-state index contributed by atoms with van der Waals surface area (Å²) in [7, 11) is 0. The van der Waals surface area contributed by atoms with Gasteiger partial charge in [0.2, 0.25) is 0 Å². The molecule has 0 aliphatic carbocycles. The second kappa shape index (κ2) is 9.93. The second-order valence-corrected chi connectivity index (χ2v) is 7.40. The van der Waals surface area contributed by atoms with Crippen molar-refractivity contribution >= 4 is 34.4 Å². The van der Waals surface area contributed by atoms with Gasteiger partial charge in [-0.1, -0.05) is 43.3 Å². The fraction of sp³-hybridized carbons (Fsp3) is 0.174. The third-order valence-electron chi connectivity index (χ3n) is 4.31. The number of aromatic nitrogens is 1. The van der Waals surface area contributed by atoms with Crippen molar-refractivity contribution in [2.75, 3.05) is 5.32 Å². The van der Waals surface area contributed by atoms with Crippen LogP contribution < -0.4 is 5.32 Å². The number of benzene rings is 2. The van der Waals surface area contributed by atoms with Gasteiger partial charge in [-0.2, -0.15) is 0 Å². The van der Waals surface area contributed by atoms with Crippen LogP contribution in [0.5, 0.6) is 0 Å². The van der Waals surface area contributed by atoms with Crippen molar-refractivity contribution in [3.8, 4) is 11.3 Å². The molecule has 0 fully saturated rings. The fourth-order valence-corrected chi connectivity index (χ4v) is 3.35. The number of carbonyl (C=O) groups is 2. The number of amides is 1. The van der Waals surface area contributed by atoms with Crippen molar-refractivity contribution < 1.29 is 18.7 Å². The normalized spacial score (nSPS) is 12.0. The Kier molecular flexibility index (Phi) is 7.08. The molecule has 0 aliphatic heterocycles. The molecule has 0 radical (unpaired) electrons. The first-order valence-electron chi connectivity index (χ1n) is 9.44. The van der Waals surface area contributed by atoms with Gasteiger partial charge in [0.1, 0.15) is 5.82 Å². The van der Waals surface area contributed by atoms with Crippen LogP contribution in [-0.2, 0) is 20.7 Å². The molecule has 30 heavy (non-hydrogen) atoms. The lowest BCUT2D eigenvalue weighted by Gasteiger charge is -2.10. The van der Waals surface area contributed by atoms with E-state index in [9.17, 15) is 14.0 Å². The molecule has 7 heteroatoms. The van der Waals surface area contributed by atoms with Gasteiger partial charge in [-0.3, -0.25) is 10.1 Å². The lowest BCUT2D eigenvalue weighted by molar-refractivity contribution is -0.148. The SMILES string of the molecule is CCc1ccc(-c2csc(NC(=O)[C@H](C)OC(=O)/C=C/c3cccc(F)c3)n2)cc1. The summed E-state index contributed by atoms with van der Waals surface area (Å²) in [4.78, 5) is 28.6. The number of aryl methyl sites for hydroxylation is 1. The van der Waals surface area contributed by atoms with E-state index in [1.807, 2.05) is 29.6 Å². The summed E-state index contributed by atoms with van der Waals surface area (Å²) < 4.78 is 18.2. The predicted octanol–water partition coefficient (Wildman–Crippen LogP) is 5.10. The Labute approximate surface area is 178 Å². The minimum atomic E-state index is -1.01. The summed E-state index contributed by atoms with van der Waals surface area (Å²) in [6, 6.07) is 13.9. The number of nitrogens with one attached hydrogen (secondary N) is 1. The minimum Gasteiger partial charge on any atom is -0.449 e. The Morgan fingerprint density at radius 1 is 1.23 bits per heavy atom. The molecule has 0 aliphatic rings. The van der Waals surface area contributed by atoms with Crippen LogP contribution in [0.4, 0.5) is 9.52 Å². The van der Waals surface area contributed by atoms with Crippen molar-refractivity contribution in [2.45, 2.75) is 26.4 Å². The molecule has 1 atom stereocenters. The van der Waals surface area contributed by atoms with Crippen molar-refractivity contribution in [3.63, 3.8) is 0 Å². The van der Waals surface area contributed by atoms with E-state index >= 15 is 0 Å². The number of thiazole rings is 1. The molecule has 2 aromatic carbocycles. The molecule has 0 bridgehead atoms. The third kappa shape index (κ3) is 5.84. The van der Waals surface area contributed by atoms with E-state index in [-0.39, 0.29) is 0 Å². The number of carbonyl (C=O) groups excluding carboxylic acids is 2. The molecule has 0 spiro atoms. The second-order valence-electron chi connectivity index (χ2n) is 6.55. The molecule has 1 aromatic heterocycles. The van der Waals surface area contributed by atoms with Crippen LogP contribution in [0.2, 0.25) is 0 Å². The summed E-state index contributed by atoms with van der Waals surface area (Å²) in [5.41, 5.74) is 3.49. The Bertz CT molecular complexity index is 1060. The van der Waals surface area contributed by atoms with Crippen molar-refractivity contribution in [2.24, 2.45) is 0 Å². The Morgan fingerprint density at radius 3 is 2.70 bits per heavy atom. The Hall–Kier alpha value is -3.32. The zero-order valence-electron chi connectivity index (χ0n) is 16.6. The molecule has 0 unspecified atom stereocenters. The van der Waals surface area contributed by atoms with E-state index in [0.29, 0.717) is 10.7 Å². The summed E-state index contributed by atoms with van der Waals surface area (Å²) in [6.45, 7) is 3.57. The molecule has 1 amide bonds. The van der Waals surface area contributed by atoms with Gasteiger partial charge < -0.3 is 4.74 Å². The molecular formula is C23H21FN2O3S. The van der Waals surface area contributed by atoms with E-state index in [4.69, 9.17) is 4.74 Å². The van der Waals surface area contributed by atoms with E-state index in [1.54, 1.807) is 6.07 Å². The molecule has 3 aromatic rings. The molecular weight excluding hydrogens is 403 g/mol. The maximum Gasteiger partial charge on any atom is 0.331 e. The first kappa shape index (κ1) is 21.4. The van der Waals surface area contributed by atoms with Gasteiger partial charge in [-0.05, 0) is 42.7 Å². The lowest BCUT2D eigenvalue weighted by Crippen LogP contribution is -2.29. The number of anilines is 1. The standard InChI is InChI=1S/C23H21FN2O3S/c1-3-16-7-10-18(11-8-16)20-14-30-23(25-20)26-22(28)15(2)29-21(27)12-9-17-5-4-6-19(24)13-17/h4-15H,3H2,1-2H3,(H,25,26,28)/b12-9+/t15-/m0/s1. The molecule has 0 saturated carbocycles. The van der Waals surface area contributed by atoms with Gasteiger partial charge in [-0.25, -0.2) is 14.2 Å². The number of halogens is 1. The predicted molar refractivity (Wildman–Crippen MR) is 117 cm³/mol. The van der Waals surface area contributed by atoms with Crippen LogP contribution in [0.3, 0.4) is 0 Å². The van der Waals surface area contributed by atoms with Gasteiger partial charge in [-0.15, -0.1) is 11.3 Å². The van der Waals surface area contributed by atoms with Crippen LogP contribution in [0.25, 0.3) is 17.3 Å². The zero-order valence-corrected chi connectivity index (χ0v) is 17.4. The van der Waals surface area contributed by atoms with Crippen molar-refractivity contribution in [3.05, 3.63) is 76.9 Å². The highest BCUT2D eigenvalue weighted by molar-refractivity contribution is 7.14. The van der Waals surface area contributed by atoms with Gasteiger partial charge in [0.25, 0.3) is 5.91 Å². The van der Waals surface area contributed by atoms with Crippen LogP contribution in [0.1, 0.15) is 25.0 Å². The van der Waals surface area contributed by atoms with Gasteiger partial charge in [0.05, 0.1) is 5.69 Å². The number of hydrogen-bond acceptors (Lipinski definition) is 5. The first-order chi connectivity index (χ1) is 14.4. The summed E-state index contributed by atoms with van der Waals surface area (Å²) in [5, 5.41) is 4.94. The van der Waals surface area contributed by atoms with E-state index in [0.717, 1.165) is 23.8 Å². The number of ether oxygens (including phenoxy) is 1. The largest absolute Gasteiger partial charge is 0.449 e. The van der Waals surface area contributed by atoms with E-state index in [2.05, 4.69) is 17.2 Å². The molecule has 1 heterocycles. The Morgan fingerprint density at radius 2 is 2.00 bits per heavy atom. The molecule has 5 nitrogen and oxygen atoms in total. The van der Waals surface area contributed by atoms with Crippen molar-refractivity contribution in [1.82, 2.24) is 4.98 Å². The zero-order chi connectivity index (χ0) is 21.5. The Balaban J connectivity index is 1.55. The smallest absolute Gasteiger partial charge is 0.331 e. The number of nitrogens with zero attached hydrogens (tertiary/aromatic N) is 1. The maximum absolute atomic E-state index is 13.2. The summed E-state index contributed by atoms with van der Waals surface area (Å²) in [5.74, 6) is -1.58. The molecule has 0 saturated heterocycles. The quantitative estimate of drug-likeness (QED) is 0.423. The van der Waals surface area contributed by atoms with Crippen LogP contribution in [0.15, 0.2) is 60.0 Å². The average molecular weight is 424 g/mol. The highest BCUT2D eigenvalue weighted by atomic mass is 32.1. The highest BCUT2D eigenvalue weighted by Crippen LogP contribution is 2.25. The molecule has 154 valence electrons. The van der Waals surface area contributed by atoms with Crippen molar-refractivity contribution in [1.29, 1.82) is 0 Å².